The second kappa shape index (κ2) is 7.46. The summed E-state index contributed by atoms with van der Waals surface area (Å²) in [5, 5.41) is 3.54. The SMILES string of the molecule is CCNC(Cc1ccc(I)cc1)C(C)(C)OCC. The topological polar surface area (TPSA) is 21.3 Å². The third-order valence-electron chi connectivity index (χ3n) is 3.16. The number of nitrogens with one attached hydrogen (secondary N) is 1. The van der Waals surface area contributed by atoms with Crippen molar-refractivity contribution in [1.82, 2.24) is 5.32 Å². The van der Waals surface area contributed by atoms with Gasteiger partial charge in [0.1, 0.15) is 0 Å². The third kappa shape index (κ3) is 4.86. The molecule has 102 valence electrons. The Kier molecular flexibility index (Phi) is 6.60. The van der Waals surface area contributed by atoms with Crippen molar-refractivity contribution < 1.29 is 4.74 Å². The Morgan fingerprint density at radius 2 is 1.83 bits per heavy atom. The van der Waals surface area contributed by atoms with Crippen molar-refractivity contribution in [3.63, 3.8) is 0 Å². The van der Waals surface area contributed by atoms with Crippen molar-refractivity contribution in [2.45, 2.75) is 45.8 Å². The molecule has 3 heteroatoms. The Labute approximate surface area is 125 Å². The third-order valence-corrected chi connectivity index (χ3v) is 3.88. The smallest absolute Gasteiger partial charge is 0.0781 e. The minimum Gasteiger partial charge on any atom is -0.374 e. The average molecular weight is 361 g/mol. The van der Waals surface area contributed by atoms with Gasteiger partial charge < -0.3 is 10.1 Å². The molecule has 0 spiro atoms. The first-order valence-electron chi connectivity index (χ1n) is 6.61. The van der Waals surface area contributed by atoms with E-state index in [9.17, 15) is 0 Å². The summed E-state index contributed by atoms with van der Waals surface area (Å²) >= 11 is 2.34. The molecule has 1 rings (SSSR count). The van der Waals surface area contributed by atoms with Crippen LogP contribution in [0.1, 0.15) is 33.3 Å². The van der Waals surface area contributed by atoms with E-state index in [-0.39, 0.29) is 5.60 Å². The molecule has 2 nitrogen and oxygen atoms in total. The number of rotatable bonds is 7. The monoisotopic (exact) mass is 361 g/mol. The largest absolute Gasteiger partial charge is 0.374 e. The molecule has 0 aliphatic rings. The molecule has 0 aliphatic heterocycles. The van der Waals surface area contributed by atoms with Gasteiger partial charge in [0.05, 0.1) is 5.60 Å². The van der Waals surface area contributed by atoms with Gasteiger partial charge in [0, 0.05) is 16.2 Å². The molecule has 0 saturated carbocycles. The zero-order valence-corrected chi connectivity index (χ0v) is 14.0. The Balaban J connectivity index is 2.76. The van der Waals surface area contributed by atoms with Crippen LogP contribution in [-0.4, -0.2) is 24.8 Å². The van der Waals surface area contributed by atoms with Crippen molar-refractivity contribution in [2.24, 2.45) is 0 Å². The van der Waals surface area contributed by atoms with Crippen LogP contribution in [0, 0.1) is 3.57 Å². The molecule has 0 radical (unpaired) electrons. The fraction of sp³-hybridized carbons (Fsp3) is 0.600. The van der Waals surface area contributed by atoms with Crippen LogP contribution >= 0.6 is 22.6 Å². The van der Waals surface area contributed by atoms with Crippen molar-refractivity contribution >= 4 is 22.6 Å². The van der Waals surface area contributed by atoms with E-state index in [1.54, 1.807) is 0 Å². The van der Waals surface area contributed by atoms with E-state index in [1.807, 2.05) is 0 Å². The highest BCUT2D eigenvalue weighted by Gasteiger charge is 2.29. The Morgan fingerprint density at radius 1 is 1.22 bits per heavy atom. The summed E-state index contributed by atoms with van der Waals surface area (Å²) in [5.74, 6) is 0. The predicted molar refractivity (Wildman–Crippen MR) is 86.0 cm³/mol. The van der Waals surface area contributed by atoms with E-state index >= 15 is 0 Å². The predicted octanol–water partition coefficient (Wildman–Crippen LogP) is 3.63. The molecule has 0 amide bonds. The van der Waals surface area contributed by atoms with Gasteiger partial charge >= 0.3 is 0 Å². The molecule has 0 saturated heterocycles. The standard InChI is InChI=1S/C15H24INO/c1-5-17-14(15(3,4)18-6-2)11-12-7-9-13(16)10-8-12/h7-10,14,17H,5-6,11H2,1-4H3. The lowest BCUT2D eigenvalue weighted by Gasteiger charge is -2.35. The van der Waals surface area contributed by atoms with Crippen LogP contribution < -0.4 is 5.32 Å². The van der Waals surface area contributed by atoms with Gasteiger partial charge in [0.2, 0.25) is 0 Å². The van der Waals surface area contributed by atoms with Crippen LogP contribution in [-0.2, 0) is 11.2 Å². The van der Waals surface area contributed by atoms with Crippen LogP contribution in [0.25, 0.3) is 0 Å². The highest BCUT2D eigenvalue weighted by atomic mass is 127. The summed E-state index contributed by atoms with van der Waals surface area (Å²) < 4.78 is 7.15. The lowest BCUT2D eigenvalue weighted by atomic mass is 9.92. The normalized spacial score (nSPS) is 13.6. The summed E-state index contributed by atoms with van der Waals surface area (Å²) in [7, 11) is 0. The fourth-order valence-corrected chi connectivity index (χ4v) is 2.50. The quantitative estimate of drug-likeness (QED) is 0.749. The summed E-state index contributed by atoms with van der Waals surface area (Å²) in [5.41, 5.74) is 1.21. The van der Waals surface area contributed by atoms with Crippen molar-refractivity contribution in [2.75, 3.05) is 13.2 Å². The van der Waals surface area contributed by atoms with E-state index in [0.29, 0.717) is 6.04 Å². The number of likely N-dealkylation sites (N-methyl/N-ethyl adjacent to an activating group) is 1. The summed E-state index contributed by atoms with van der Waals surface area (Å²) in [6.45, 7) is 10.2. The molecule has 0 bridgehead atoms. The number of hydrogen-bond donors (Lipinski definition) is 1. The van der Waals surface area contributed by atoms with Gasteiger partial charge in [-0.25, -0.2) is 0 Å². The van der Waals surface area contributed by atoms with E-state index in [1.165, 1.54) is 9.13 Å². The molecule has 18 heavy (non-hydrogen) atoms. The number of hydrogen-bond acceptors (Lipinski definition) is 2. The lowest BCUT2D eigenvalue weighted by molar-refractivity contribution is -0.0376. The maximum absolute atomic E-state index is 5.88. The van der Waals surface area contributed by atoms with E-state index in [2.05, 4.69) is 79.9 Å². The average Bonchev–Trinajstić information content (AvgIpc) is 2.31. The van der Waals surface area contributed by atoms with Crippen LogP contribution in [0.15, 0.2) is 24.3 Å². The summed E-state index contributed by atoms with van der Waals surface area (Å²) in [6, 6.07) is 9.06. The highest BCUT2D eigenvalue weighted by Crippen LogP contribution is 2.19. The second-order valence-electron chi connectivity index (χ2n) is 4.98. The minimum absolute atomic E-state index is 0.145. The Bertz CT molecular complexity index is 348. The van der Waals surface area contributed by atoms with E-state index < -0.39 is 0 Å². The summed E-state index contributed by atoms with van der Waals surface area (Å²) in [6.07, 6.45) is 0.998. The Hall–Kier alpha value is -0.130. The second-order valence-corrected chi connectivity index (χ2v) is 6.22. The summed E-state index contributed by atoms with van der Waals surface area (Å²) in [4.78, 5) is 0. The molecule has 1 atom stereocenters. The number of halogens is 1. The first-order chi connectivity index (χ1) is 8.49. The van der Waals surface area contributed by atoms with Gasteiger partial charge in [-0.15, -0.1) is 0 Å². The first-order valence-corrected chi connectivity index (χ1v) is 7.69. The van der Waals surface area contributed by atoms with Crippen LogP contribution in [0.5, 0.6) is 0 Å². The molecule has 1 aromatic carbocycles. The van der Waals surface area contributed by atoms with Crippen LogP contribution in [0.2, 0.25) is 0 Å². The molecular formula is C15H24INO. The maximum Gasteiger partial charge on any atom is 0.0781 e. The Morgan fingerprint density at radius 3 is 2.33 bits per heavy atom. The van der Waals surface area contributed by atoms with Gasteiger partial charge in [-0.2, -0.15) is 0 Å². The molecule has 1 aromatic rings. The number of benzene rings is 1. The van der Waals surface area contributed by atoms with Gasteiger partial charge in [-0.05, 0) is 74.0 Å². The van der Waals surface area contributed by atoms with Gasteiger partial charge in [-0.3, -0.25) is 0 Å². The zero-order chi connectivity index (χ0) is 13.6. The highest BCUT2D eigenvalue weighted by molar-refractivity contribution is 14.1. The molecule has 0 fully saturated rings. The lowest BCUT2D eigenvalue weighted by Crippen LogP contribution is -2.50. The van der Waals surface area contributed by atoms with Crippen molar-refractivity contribution in [3.05, 3.63) is 33.4 Å². The van der Waals surface area contributed by atoms with Crippen LogP contribution in [0.3, 0.4) is 0 Å². The zero-order valence-electron chi connectivity index (χ0n) is 11.8. The number of ether oxygens (including phenoxy) is 1. The van der Waals surface area contributed by atoms with Crippen molar-refractivity contribution in [3.8, 4) is 0 Å². The first kappa shape index (κ1) is 15.9. The van der Waals surface area contributed by atoms with Crippen LogP contribution in [0.4, 0.5) is 0 Å². The molecule has 1 N–H and O–H groups in total. The van der Waals surface area contributed by atoms with Crippen molar-refractivity contribution in [1.29, 1.82) is 0 Å². The molecular weight excluding hydrogens is 337 g/mol. The van der Waals surface area contributed by atoms with E-state index in [4.69, 9.17) is 4.74 Å². The van der Waals surface area contributed by atoms with Gasteiger partial charge in [0.15, 0.2) is 0 Å². The maximum atomic E-state index is 5.88. The molecule has 0 aliphatic carbocycles. The molecule has 0 aromatic heterocycles. The molecule has 1 unspecified atom stereocenters. The van der Waals surface area contributed by atoms with Gasteiger partial charge in [-0.1, -0.05) is 19.1 Å². The molecule has 0 heterocycles. The van der Waals surface area contributed by atoms with E-state index in [0.717, 1.165) is 19.6 Å². The minimum atomic E-state index is -0.145. The van der Waals surface area contributed by atoms with Gasteiger partial charge in [0.25, 0.3) is 0 Å². The fourth-order valence-electron chi connectivity index (χ4n) is 2.14.